The van der Waals surface area contributed by atoms with Gasteiger partial charge in [0.25, 0.3) is 0 Å². The van der Waals surface area contributed by atoms with Gasteiger partial charge in [-0.25, -0.2) is 4.39 Å². The maximum Gasteiger partial charge on any atom is 0.393 e. The van der Waals surface area contributed by atoms with Gasteiger partial charge in [0.15, 0.2) is 0 Å². The Hall–Kier alpha value is -2.73. The van der Waals surface area contributed by atoms with Crippen molar-refractivity contribution in [1.29, 1.82) is 0 Å². The minimum Gasteiger partial charge on any atom is -0.495 e. The third kappa shape index (κ3) is 6.82. The van der Waals surface area contributed by atoms with Gasteiger partial charge in [0.05, 0.1) is 47.1 Å². The monoisotopic (exact) mass is 567 g/mol. The molecule has 204 valence electrons. The van der Waals surface area contributed by atoms with Crippen molar-refractivity contribution in [2.75, 3.05) is 50.7 Å². The molecule has 11 heteroatoms. The fourth-order valence-electron chi connectivity index (χ4n) is 4.37. The van der Waals surface area contributed by atoms with Gasteiger partial charge in [0, 0.05) is 11.8 Å². The molecule has 38 heavy (non-hydrogen) atoms. The number of thiophene rings is 1. The molecule has 2 atom stereocenters. The van der Waals surface area contributed by atoms with Crippen LogP contribution in [-0.2, 0) is 11.0 Å². The van der Waals surface area contributed by atoms with E-state index in [9.17, 15) is 22.1 Å². The molecule has 1 fully saturated rings. The molecule has 0 spiro atoms. The Morgan fingerprint density at radius 3 is 2.68 bits per heavy atom. The van der Waals surface area contributed by atoms with Crippen molar-refractivity contribution in [2.45, 2.75) is 31.2 Å². The molecule has 5 nitrogen and oxygen atoms in total. The van der Waals surface area contributed by atoms with Crippen LogP contribution in [0.5, 0.6) is 5.75 Å². The molecule has 0 bridgehead atoms. The predicted molar refractivity (Wildman–Crippen MR) is 149 cm³/mol. The van der Waals surface area contributed by atoms with Crippen LogP contribution < -0.4 is 26.0 Å². The molecular formula is C27H30F4N3O2PS. The number of ether oxygens (including phenoxy) is 1. The molecule has 0 amide bonds. The van der Waals surface area contributed by atoms with Crippen LogP contribution in [0.2, 0.25) is 0 Å². The maximum absolute atomic E-state index is 14.4. The third-order valence-electron chi connectivity index (χ3n) is 6.32. The maximum atomic E-state index is 14.4. The van der Waals surface area contributed by atoms with E-state index < -0.39 is 32.0 Å². The van der Waals surface area contributed by atoms with E-state index >= 15 is 0 Å². The SMILES string of the molecule is COc1cc(P(C)(C)=O)ccc1NCC#Cc1sc2c(N[C@@H]3CCNC[C@@H]3F)cccc2c1CC(F)(F)F. The number of benzene rings is 2. The Balaban J connectivity index is 1.61. The van der Waals surface area contributed by atoms with Crippen LogP contribution in [0.25, 0.3) is 10.1 Å². The molecule has 0 aliphatic carbocycles. The molecule has 0 radical (unpaired) electrons. The number of nitrogens with one attached hydrogen (secondary N) is 3. The Morgan fingerprint density at radius 2 is 2.00 bits per heavy atom. The number of piperidine rings is 1. The Morgan fingerprint density at radius 1 is 1.21 bits per heavy atom. The van der Waals surface area contributed by atoms with E-state index in [0.717, 1.165) is 0 Å². The van der Waals surface area contributed by atoms with Gasteiger partial charge in [-0.1, -0.05) is 24.0 Å². The molecule has 1 aliphatic heterocycles. The molecule has 3 aromatic rings. The van der Waals surface area contributed by atoms with Gasteiger partial charge in [0.1, 0.15) is 19.1 Å². The zero-order chi connectivity index (χ0) is 27.5. The van der Waals surface area contributed by atoms with Crippen LogP contribution in [0.4, 0.5) is 28.9 Å². The molecule has 1 aromatic heterocycles. The summed E-state index contributed by atoms with van der Waals surface area (Å²) < 4.78 is 73.3. The average molecular weight is 568 g/mol. The fourth-order valence-corrected chi connectivity index (χ4v) is 6.40. The fraction of sp³-hybridized carbons (Fsp3) is 0.407. The van der Waals surface area contributed by atoms with Crippen molar-refractivity contribution in [3.05, 3.63) is 46.8 Å². The normalized spacial score (nSPS) is 18.1. The molecule has 4 rings (SSSR count). The van der Waals surface area contributed by atoms with E-state index in [1.54, 1.807) is 49.7 Å². The van der Waals surface area contributed by atoms with Gasteiger partial charge >= 0.3 is 6.18 Å². The molecule has 0 saturated carbocycles. The summed E-state index contributed by atoms with van der Waals surface area (Å²) in [5, 5.41) is 10.5. The molecule has 3 N–H and O–H groups in total. The number of anilines is 2. The first-order valence-electron chi connectivity index (χ1n) is 12.1. The van der Waals surface area contributed by atoms with Crippen LogP contribution in [0, 0.1) is 11.8 Å². The second-order valence-electron chi connectivity index (χ2n) is 9.53. The predicted octanol–water partition coefficient (Wildman–Crippen LogP) is 5.84. The van der Waals surface area contributed by atoms with Crippen molar-refractivity contribution < 1.29 is 26.9 Å². The quantitative estimate of drug-likeness (QED) is 0.190. The third-order valence-corrected chi connectivity index (χ3v) is 9.04. The number of methoxy groups -OCH3 is 1. The first-order valence-corrected chi connectivity index (χ1v) is 15.6. The lowest BCUT2D eigenvalue weighted by molar-refractivity contribution is -0.126. The highest BCUT2D eigenvalue weighted by Gasteiger charge is 2.31. The Kier molecular flexibility index (Phi) is 8.61. The summed E-state index contributed by atoms with van der Waals surface area (Å²) >= 11 is 1.18. The highest BCUT2D eigenvalue weighted by Crippen LogP contribution is 2.40. The zero-order valence-corrected chi connectivity index (χ0v) is 23.0. The summed E-state index contributed by atoms with van der Waals surface area (Å²) in [5.41, 5.74) is 1.38. The molecule has 0 unspecified atom stereocenters. The Bertz CT molecular complexity index is 1410. The van der Waals surface area contributed by atoms with Crippen LogP contribution in [0.1, 0.15) is 16.9 Å². The number of fused-ring (bicyclic) bond motifs is 1. The summed E-state index contributed by atoms with van der Waals surface area (Å²) in [7, 11) is -0.955. The lowest BCUT2D eigenvalue weighted by atomic mass is 10.0. The zero-order valence-electron chi connectivity index (χ0n) is 21.3. The van der Waals surface area contributed by atoms with Gasteiger partial charge < -0.3 is 25.3 Å². The van der Waals surface area contributed by atoms with Gasteiger partial charge in [-0.3, -0.25) is 0 Å². The van der Waals surface area contributed by atoms with Crippen molar-refractivity contribution >= 4 is 45.2 Å². The van der Waals surface area contributed by atoms with E-state index in [-0.39, 0.29) is 18.7 Å². The molecular weight excluding hydrogens is 537 g/mol. The van der Waals surface area contributed by atoms with Crippen molar-refractivity contribution in [3.8, 4) is 17.6 Å². The number of hydrogen-bond donors (Lipinski definition) is 3. The molecule has 1 aliphatic rings. The van der Waals surface area contributed by atoms with Gasteiger partial charge in [0.2, 0.25) is 0 Å². The minimum atomic E-state index is -4.40. The second-order valence-corrected chi connectivity index (χ2v) is 13.8. The number of hydrogen-bond acceptors (Lipinski definition) is 6. The molecule has 1 saturated heterocycles. The van der Waals surface area contributed by atoms with E-state index in [2.05, 4.69) is 27.8 Å². The van der Waals surface area contributed by atoms with Crippen LogP contribution >= 0.6 is 18.5 Å². The van der Waals surface area contributed by atoms with E-state index in [1.165, 1.54) is 18.4 Å². The number of alkyl halides is 4. The number of halogens is 4. The van der Waals surface area contributed by atoms with Crippen molar-refractivity contribution in [1.82, 2.24) is 5.32 Å². The van der Waals surface area contributed by atoms with E-state index in [4.69, 9.17) is 4.74 Å². The van der Waals surface area contributed by atoms with Crippen LogP contribution in [-0.4, -0.2) is 58.5 Å². The number of rotatable bonds is 7. The van der Waals surface area contributed by atoms with E-state index in [1.807, 2.05) is 0 Å². The standard InChI is InChI=1S/C27H30F4N3O2PS/c1-36-24-14-17(37(2,3)35)9-10-22(24)33-12-5-8-25-19(15-27(29,30)31)18-6-4-7-23(26(18)38-25)34-21-11-13-32-16-20(21)28/h4,6-7,9-10,14,20-21,32-34H,11-13,15-16H2,1-3H3/t20-,21+/m0/s1. The second kappa shape index (κ2) is 11.6. The van der Waals surface area contributed by atoms with Crippen molar-refractivity contribution in [2.24, 2.45) is 0 Å². The summed E-state index contributed by atoms with van der Waals surface area (Å²) in [6.07, 6.45) is -6.02. The minimum absolute atomic E-state index is 0.124. The average Bonchev–Trinajstić information content (AvgIpc) is 3.19. The van der Waals surface area contributed by atoms with Gasteiger partial charge in [-0.15, -0.1) is 11.3 Å². The van der Waals surface area contributed by atoms with Crippen LogP contribution in [0.15, 0.2) is 36.4 Å². The first-order chi connectivity index (χ1) is 18.0. The summed E-state index contributed by atoms with van der Waals surface area (Å²) in [5.74, 6) is 6.35. The molecule has 2 aromatic carbocycles. The highest BCUT2D eigenvalue weighted by atomic mass is 32.1. The smallest absolute Gasteiger partial charge is 0.393 e. The van der Waals surface area contributed by atoms with E-state index in [0.29, 0.717) is 50.4 Å². The first kappa shape index (κ1) is 28.3. The largest absolute Gasteiger partial charge is 0.495 e. The van der Waals surface area contributed by atoms with Crippen molar-refractivity contribution in [3.63, 3.8) is 0 Å². The molecule has 2 heterocycles. The lowest BCUT2D eigenvalue weighted by Crippen LogP contribution is -2.45. The Labute approximate surface area is 223 Å². The summed E-state index contributed by atoms with van der Waals surface area (Å²) in [4.78, 5) is 0.329. The highest BCUT2D eigenvalue weighted by molar-refractivity contribution is 7.70. The lowest BCUT2D eigenvalue weighted by Gasteiger charge is -2.28. The summed E-state index contributed by atoms with van der Waals surface area (Å²) in [6.45, 7) is 4.42. The van der Waals surface area contributed by atoms with Crippen LogP contribution in [0.3, 0.4) is 0 Å². The van der Waals surface area contributed by atoms with Gasteiger partial charge in [-0.05, 0) is 61.5 Å². The van der Waals surface area contributed by atoms with Gasteiger partial charge in [-0.2, -0.15) is 13.2 Å². The topological polar surface area (TPSA) is 62.4 Å². The summed E-state index contributed by atoms with van der Waals surface area (Å²) in [6, 6.07) is 9.92.